The second-order valence-corrected chi connectivity index (χ2v) is 5.20. The van der Waals surface area contributed by atoms with Gasteiger partial charge in [-0.1, -0.05) is 6.92 Å². The van der Waals surface area contributed by atoms with Crippen molar-refractivity contribution in [3.05, 3.63) is 23.8 Å². The summed E-state index contributed by atoms with van der Waals surface area (Å²) < 4.78 is 5.01. The SMILES string of the molecule is CCOC(=O)c1cc(N2CCC(C)C2CO)ccc1N. The number of aliphatic hydroxyl groups excluding tert-OH is 1. The molecule has 0 aromatic heterocycles. The van der Waals surface area contributed by atoms with Gasteiger partial charge in [-0.3, -0.25) is 0 Å². The minimum atomic E-state index is -0.403. The molecule has 110 valence electrons. The Labute approximate surface area is 119 Å². The third-order valence-corrected chi connectivity index (χ3v) is 3.93. The summed E-state index contributed by atoms with van der Waals surface area (Å²) in [7, 11) is 0. The van der Waals surface area contributed by atoms with E-state index in [1.54, 1.807) is 19.1 Å². The molecule has 3 N–H and O–H groups in total. The van der Waals surface area contributed by atoms with E-state index >= 15 is 0 Å². The Morgan fingerprint density at radius 3 is 2.95 bits per heavy atom. The first-order valence-corrected chi connectivity index (χ1v) is 7.02. The van der Waals surface area contributed by atoms with Crippen LogP contribution in [0.3, 0.4) is 0 Å². The first-order chi connectivity index (χ1) is 9.58. The van der Waals surface area contributed by atoms with Gasteiger partial charge in [0.05, 0.1) is 24.8 Å². The predicted octanol–water partition coefficient (Wildman–Crippen LogP) is 1.65. The van der Waals surface area contributed by atoms with Crippen LogP contribution in [0.1, 0.15) is 30.6 Å². The number of carbonyl (C=O) groups excluding carboxylic acids is 1. The highest BCUT2D eigenvalue weighted by atomic mass is 16.5. The van der Waals surface area contributed by atoms with Crippen molar-refractivity contribution in [3.63, 3.8) is 0 Å². The van der Waals surface area contributed by atoms with Crippen LogP contribution in [0.25, 0.3) is 0 Å². The van der Waals surface area contributed by atoms with Crippen LogP contribution in [0.2, 0.25) is 0 Å². The van der Waals surface area contributed by atoms with Crippen LogP contribution in [-0.2, 0) is 4.74 Å². The highest BCUT2D eigenvalue weighted by Crippen LogP contribution is 2.31. The van der Waals surface area contributed by atoms with E-state index in [0.717, 1.165) is 18.7 Å². The minimum absolute atomic E-state index is 0.0914. The van der Waals surface area contributed by atoms with Crippen molar-refractivity contribution in [2.45, 2.75) is 26.3 Å². The zero-order valence-corrected chi connectivity index (χ0v) is 12.0. The standard InChI is InChI=1S/C15H22N2O3/c1-3-20-15(19)12-8-11(4-5-13(12)16)17-7-6-10(2)14(17)9-18/h4-5,8,10,14,18H,3,6-7,9,16H2,1-2H3. The number of esters is 1. The summed E-state index contributed by atoms with van der Waals surface area (Å²) in [5, 5.41) is 9.53. The molecule has 0 aliphatic carbocycles. The molecule has 1 saturated heterocycles. The Bertz CT molecular complexity index is 490. The van der Waals surface area contributed by atoms with Crippen molar-refractivity contribution in [3.8, 4) is 0 Å². The maximum Gasteiger partial charge on any atom is 0.340 e. The Morgan fingerprint density at radius 1 is 1.55 bits per heavy atom. The molecule has 1 aromatic rings. The Hall–Kier alpha value is -1.75. The minimum Gasteiger partial charge on any atom is -0.462 e. The molecule has 0 bridgehead atoms. The lowest BCUT2D eigenvalue weighted by molar-refractivity contribution is 0.0527. The van der Waals surface area contributed by atoms with Gasteiger partial charge in [-0.15, -0.1) is 0 Å². The van der Waals surface area contributed by atoms with Crippen LogP contribution in [0, 0.1) is 5.92 Å². The van der Waals surface area contributed by atoms with Crippen LogP contribution in [0.4, 0.5) is 11.4 Å². The maximum absolute atomic E-state index is 11.9. The van der Waals surface area contributed by atoms with Gasteiger partial charge in [0.25, 0.3) is 0 Å². The summed E-state index contributed by atoms with van der Waals surface area (Å²) in [5.41, 5.74) is 7.56. The van der Waals surface area contributed by atoms with Gasteiger partial charge in [0.15, 0.2) is 0 Å². The first-order valence-electron chi connectivity index (χ1n) is 7.02. The molecule has 1 aliphatic rings. The molecule has 2 atom stereocenters. The molecule has 1 fully saturated rings. The van der Waals surface area contributed by atoms with E-state index in [2.05, 4.69) is 11.8 Å². The van der Waals surface area contributed by atoms with Gasteiger partial charge in [-0.2, -0.15) is 0 Å². The van der Waals surface area contributed by atoms with Crippen molar-refractivity contribution in [1.29, 1.82) is 0 Å². The smallest absolute Gasteiger partial charge is 0.340 e. The van der Waals surface area contributed by atoms with Crippen LogP contribution in [-0.4, -0.2) is 36.9 Å². The topological polar surface area (TPSA) is 75.8 Å². The lowest BCUT2D eigenvalue weighted by Crippen LogP contribution is -2.35. The summed E-state index contributed by atoms with van der Waals surface area (Å²) in [6.45, 7) is 5.20. The molecule has 5 nitrogen and oxygen atoms in total. The first kappa shape index (κ1) is 14.7. The number of hydrogen-bond donors (Lipinski definition) is 2. The quantitative estimate of drug-likeness (QED) is 0.647. The molecule has 20 heavy (non-hydrogen) atoms. The molecule has 2 rings (SSSR count). The fourth-order valence-corrected chi connectivity index (χ4v) is 2.72. The summed E-state index contributed by atoms with van der Waals surface area (Å²) >= 11 is 0. The summed E-state index contributed by atoms with van der Waals surface area (Å²) in [6.07, 6.45) is 1.03. The summed E-state index contributed by atoms with van der Waals surface area (Å²) in [6, 6.07) is 5.46. The number of nitrogens with zero attached hydrogens (tertiary/aromatic N) is 1. The van der Waals surface area contributed by atoms with Crippen LogP contribution in [0.15, 0.2) is 18.2 Å². The van der Waals surface area contributed by atoms with E-state index < -0.39 is 5.97 Å². The highest BCUT2D eigenvalue weighted by molar-refractivity contribution is 5.96. The van der Waals surface area contributed by atoms with Gasteiger partial charge >= 0.3 is 5.97 Å². The zero-order valence-electron chi connectivity index (χ0n) is 12.0. The van der Waals surface area contributed by atoms with E-state index in [9.17, 15) is 9.90 Å². The summed E-state index contributed by atoms with van der Waals surface area (Å²) in [5.74, 6) is 0.0308. The van der Waals surface area contributed by atoms with Crippen LogP contribution in [0.5, 0.6) is 0 Å². The average molecular weight is 278 g/mol. The predicted molar refractivity (Wildman–Crippen MR) is 78.8 cm³/mol. The van der Waals surface area contributed by atoms with Crippen LogP contribution >= 0.6 is 0 Å². The van der Waals surface area contributed by atoms with Crippen molar-refractivity contribution in [2.24, 2.45) is 5.92 Å². The third kappa shape index (κ3) is 2.72. The Morgan fingerprint density at radius 2 is 2.30 bits per heavy atom. The second kappa shape index (κ2) is 6.13. The van der Waals surface area contributed by atoms with Gasteiger partial charge in [-0.05, 0) is 37.5 Å². The van der Waals surface area contributed by atoms with Crippen molar-refractivity contribution >= 4 is 17.3 Å². The van der Waals surface area contributed by atoms with E-state index in [4.69, 9.17) is 10.5 Å². The van der Waals surface area contributed by atoms with Gasteiger partial charge in [0.1, 0.15) is 0 Å². The van der Waals surface area contributed by atoms with Gasteiger partial charge in [0.2, 0.25) is 0 Å². The molecule has 1 aromatic carbocycles. The largest absolute Gasteiger partial charge is 0.462 e. The van der Waals surface area contributed by atoms with Crippen LogP contribution < -0.4 is 10.6 Å². The number of aliphatic hydroxyl groups is 1. The molecule has 1 aliphatic heterocycles. The summed E-state index contributed by atoms with van der Waals surface area (Å²) in [4.78, 5) is 14.0. The van der Waals surface area contributed by atoms with E-state index in [1.165, 1.54) is 0 Å². The van der Waals surface area contributed by atoms with Gasteiger partial charge in [0, 0.05) is 17.9 Å². The number of ether oxygens (including phenoxy) is 1. The average Bonchev–Trinajstić information content (AvgIpc) is 2.80. The maximum atomic E-state index is 11.9. The molecule has 2 unspecified atom stereocenters. The molecular formula is C15H22N2O3. The Balaban J connectivity index is 2.29. The molecule has 1 heterocycles. The van der Waals surface area contributed by atoms with Crippen molar-refractivity contribution in [2.75, 3.05) is 30.4 Å². The van der Waals surface area contributed by atoms with Crippen molar-refractivity contribution in [1.82, 2.24) is 0 Å². The number of carbonyl (C=O) groups is 1. The molecule has 0 spiro atoms. The molecule has 0 saturated carbocycles. The monoisotopic (exact) mass is 278 g/mol. The number of benzene rings is 1. The lowest BCUT2D eigenvalue weighted by Gasteiger charge is -2.27. The second-order valence-electron chi connectivity index (χ2n) is 5.20. The van der Waals surface area contributed by atoms with E-state index in [0.29, 0.717) is 23.8 Å². The lowest BCUT2D eigenvalue weighted by atomic mass is 10.0. The highest BCUT2D eigenvalue weighted by Gasteiger charge is 2.31. The number of rotatable bonds is 4. The molecule has 5 heteroatoms. The van der Waals surface area contributed by atoms with Gasteiger partial charge < -0.3 is 20.5 Å². The van der Waals surface area contributed by atoms with E-state index in [-0.39, 0.29) is 12.6 Å². The molecule has 0 amide bonds. The fourth-order valence-electron chi connectivity index (χ4n) is 2.72. The zero-order chi connectivity index (χ0) is 14.7. The normalized spacial score (nSPS) is 22.1. The van der Waals surface area contributed by atoms with Crippen molar-refractivity contribution < 1.29 is 14.6 Å². The van der Waals surface area contributed by atoms with Gasteiger partial charge in [-0.25, -0.2) is 4.79 Å². The number of nitrogens with two attached hydrogens (primary N) is 1. The number of anilines is 2. The molecule has 0 radical (unpaired) electrons. The number of hydrogen-bond acceptors (Lipinski definition) is 5. The molecular weight excluding hydrogens is 256 g/mol. The third-order valence-electron chi connectivity index (χ3n) is 3.93. The van der Waals surface area contributed by atoms with E-state index in [1.807, 2.05) is 6.07 Å². The fraction of sp³-hybridized carbons (Fsp3) is 0.533. The number of nitrogen functional groups attached to an aromatic ring is 1. The Kier molecular flexibility index (Phi) is 4.49.